The number of unbranched alkanes of at least 4 members (excludes halogenated alkanes) is 2. The number of hydrogen-bond donors (Lipinski definition) is 3. The second-order valence-electron chi connectivity index (χ2n) is 9.78. The molecule has 2 atom stereocenters. The number of benzene rings is 1. The molecule has 0 spiro atoms. The van der Waals surface area contributed by atoms with Gasteiger partial charge in [0.05, 0.1) is 19.6 Å². The number of aliphatic hydroxyl groups is 1. The third-order valence-electron chi connectivity index (χ3n) is 5.31. The molecule has 0 radical (unpaired) electrons. The van der Waals surface area contributed by atoms with E-state index in [2.05, 4.69) is 10.6 Å². The fourth-order valence-electron chi connectivity index (χ4n) is 3.66. The third-order valence-corrected chi connectivity index (χ3v) is 5.31. The standard InChI is InChI=1S/C27H43N3O7/c1-7-9-10-16-30(25(34)21(18-31)29-26(35)37-27(4,5)6)23(20-13-11-12-19(3)17-20)24(33)28-15-14-22(32)36-8-2/h11-13,17,21,23,31H,7-10,14-16,18H2,1-6H3,(H,28,33)(H,29,35). The summed E-state index contributed by atoms with van der Waals surface area (Å²) in [5.74, 6) is -1.53. The fraction of sp³-hybridized carbons (Fsp3) is 0.630. The summed E-state index contributed by atoms with van der Waals surface area (Å²) in [4.78, 5) is 52.6. The molecule has 1 aromatic rings. The van der Waals surface area contributed by atoms with Gasteiger partial charge in [-0.25, -0.2) is 4.79 Å². The monoisotopic (exact) mass is 521 g/mol. The summed E-state index contributed by atoms with van der Waals surface area (Å²) in [6.07, 6.45) is 1.47. The van der Waals surface area contributed by atoms with E-state index in [1.54, 1.807) is 39.8 Å². The molecule has 0 aliphatic carbocycles. The van der Waals surface area contributed by atoms with E-state index in [1.807, 2.05) is 26.0 Å². The maximum absolute atomic E-state index is 13.7. The Morgan fingerprint density at radius 2 is 1.81 bits per heavy atom. The Kier molecular flexibility index (Phi) is 13.7. The summed E-state index contributed by atoms with van der Waals surface area (Å²) in [6, 6.07) is 4.88. The van der Waals surface area contributed by atoms with Crippen LogP contribution in [0.5, 0.6) is 0 Å². The number of nitrogens with zero attached hydrogens (tertiary/aromatic N) is 1. The third kappa shape index (κ3) is 11.6. The lowest BCUT2D eigenvalue weighted by molar-refractivity contribution is -0.144. The summed E-state index contributed by atoms with van der Waals surface area (Å²) in [5.41, 5.74) is 0.678. The van der Waals surface area contributed by atoms with Crippen LogP contribution in [-0.4, -0.2) is 71.8 Å². The number of carbonyl (C=O) groups excluding carboxylic acids is 4. The number of nitrogens with one attached hydrogen (secondary N) is 2. The highest BCUT2D eigenvalue weighted by atomic mass is 16.6. The number of aryl methyl sites for hydroxylation is 1. The lowest BCUT2D eigenvalue weighted by Crippen LogP contribution is -2.54. The van der Waals surface area contributed by atoms with Gasteiger partial charge in [-0.05, 0) is 46.6 Å². The predicted octanol–water partition coefficient (Wildman–Crippen LogP) is 3.01. The van der Waals surface area contributed by atoms with Crippen molar-refractivity contribution in [1.82, 2.24) is 15.5 Å². The molecule has 3 amide bonds. The average Bonchev–Trinajstić information content (AvgIpc) is 2.80. The van der Waals surface area contributed by atoms with Crippen LogP contribution in [0.2, 0.25) is 0 Å². The first-order valence-electron chi connectivity index (χ1n) is 12.8. The molecule has 0 saturated carbocycles. The normalized spacial score (nSPS) is 12.7. The molecule has 10 heteroatoms. The van der Waals surface area contributed by atoms with Crippen LogP contribution in [0.1, 0.15) is 77.5 Å². The van der Waals surface area contributed by atoms with Crippen LogP contribution < -0.4 is 10.6 Å². The Hall–Kier alpha value is -3.14. The van der Waals surface area contributed by atoms with Crippen molar-refractivity contribution in [3.05, 3.63) is 35.4 Å². The minimum atomic E-state index is -1.31. The average molecular weight is 522 g/mol. The molecular weight excluding hydrogens is 478 g/mol. The molecule has 10 nitrogen and oxygen atoms in total. The SMILES string of the molecule is CCCCCN(C(=O)C(CO)NC(=O)OC(C)(C)C)C(C(=O)NCCC(=O)OCC)c1cccc(C)c1. The van der Waals surface area contributed by atoms with E-state index in [4.69, 9.17) is 9.47 Å². The van der Waals surface area contributed by atoms with Gasteiger partial charge in [0.15, 0.2) is 0 Å². The zero-order chi connectivity index (χ0) is 28.0. The van der Waals surface area contributed by atoms with Gasteiger partial charge in [-0.1, -0.05) is 49.6 Å². The largest absolute Gasteiger partial charge is 0.466 e. The number of carbonyl (C=O) groups is 4. The fourth-order valence-corrected chi connectivity index (χ4v) is 3.66. The number of rotatable bonds is 14. The number of alkyl carbamates (subject to hydrolysis) is 1. The number of amides is 3. The van der Waals surface area contributed by atoms with E-state index >= 15 is 0 Å². The zero-order valence-corrected chi connectivity index (χ0v) is 23.0. The van der Waals surface area contributed by atoms with E-state index in [9.17, 15) is 24.3 Å². The number of ether oxygens (including phenoxy) is 2. The summed E-state index contributed by atoms with van der Waals surface area (Å²) >= 11 is 0. The van der Waals surface area contributed by atoms with E-state index in [0.717, 1.165) is 18.4 Å². The molecular formula is C27H43N3O7. The van der Waals surface area contributed by atoms with Crippen molar-refractivity contribution in [3.63, 3.8) is 0 Å². The maximum Gasteiger partial charge on any atom is 0.408 e. The Morgan fingerprint density at radius 3 is 2.38 bits per heavy atom. The highest BCUT2D eigenvalue weighted by molar-refractivity contribution is 5.92. The van der Waals surface area contributed by atoms with E-state index < -0.39 is 48.2 Å². The van der Waals surface area contributed by atoms with Gasteiger partial charge in [0, 0.05) is 13.1 Å². The van der Waals surface area contributed by atoms with Gasteiger partial charge in [-0.2, -0.15) is 0 Å². The first kappa shape index (κ1) is 31.9. The van der Waals surface area contributed by atoms with Crippen LogP contribution in [0, 0.1) is 6.92 Å². The van der Waals surface area contributed by atoms with Crippen molar-refractivity contribution < 1.29 is 33.8 Å². The first-order valence-corrected chi connectivity index (χ1v) is 12.8. The zero-order valence-electron chi connectivity index (χ0n) is 23.0. The highest BCUT2D eigenvalue weighted by Crippen LogP contribution is 2.24. The molecule has 0 aromatic heterocycles. The van der Waals surface area contributed by atoms with Crippen LogP contribution in [0.25, 0.3) is 0 Å². The van der Waals surface area contributed by atoms with Crippen molar-refractivity contribution in [2.24, 2.45) is 0 Å². The predicted molar refractivity (Wildman–Crippen MR) is 140 cm³/mol. The number of esters is 1. The van der Waals surface area contributed by atoms with Gasteiger partial charge in [-0.3, -0.25) is 14.4 Å². The van der Waals surface area contributed by atoms with Gasteiger partial charge >= 0.3 is 12.1 Å². The quantitative estimate of drug-likeness (QED) is 0.253. The molecule has 1 rings (SSSR count). The lowest BCUT2D eigenvalue weighted by atomic mass is 10.0. The smallest absolute Gasteiger partial charge is 0.408 e. The highest BCUT2D eigenvalue weighted by Gasteiger charge is 2.36. The minimum absolute atomic E-state index is 0.0106. The molecule has 2 unspecified atom stereocenters. The van der Waals surface area contributed by atoms with Crippen LogP contribution >= 0.6 is 0 Å². The molecule has 3 N–H and O–H groups in total. The van der Waals surface area contributed by atoms with Crippen LogP contribution in [-0.2, 0) is 23.9 Å². The molecule has 0 fully saturated rings. The lowest BCUT2D eigenvalue weighted by Gasteiger charge is -2.34. The Labute approximate surface area is 220 Å². The minimum Gasteiger partial charge on any atom is -0.466 e. The van der Waals surface area contributed by atoms with Crippen LogP contribution in [0.3, 0.4) is 0 Å². The second kappa shape index (κ2) is 15.9. The van der Waals surface area contributed by atoms with Crippen molar-refractivity contribution in [1.29, 1.82) is 0 Å². The summed E-state index contributed by atoms with van der Waals surface area (Å²) < 4.78 is 10.2. The number of aliphatic hydroxyl groups excluding tert-OH is 1. The molecule has 0 aliphatic rings. The molecule has 0 bridgehead atoms. The van der Waals surface area contributed by atoms with Gasteiger partial charge in [0.1, 0.15) is 17.7 Å². The van der Waals surface area contributed by atoms with Crippen molar-refractivity contribution in [3.8, 4) is 0 Å². The van der Waals surface area contributed by atoms with Crippen LogP contribution in [0.15, 0.2) is 24.3 Å². The van der Waals surface area contributed by atoms with E-state index in [-0.39, 0.29) is 26.1 Å². The molecule has 0 aliphatic heterocycles. The Balaban J connectivity index is 3.30. The van der Waals surface area contributed by atoms with Gasteiger partial charge < -0.3 is 30.1 Å². The Morgan fingerprint density at radius 1 is 1.11 bits per heavy atom. The van der Waals surface area contributed by atoms with Crippen molar-refractivity contribution in [2.75, 3.05) is 26.3 Å². The van der Waals surface area contributed by atoms with Gasteiger partial charge in [-0.15, -0.1) is 0 Å². The summed E-state index contributed by atoms with van der Waals surface area (Å²) in [5, 5.41) is 15.1. The van der Waals surface area contributed by atoms with Gasteiger partial charge in [0.2, 0.25) is 11.8 Å². The molecule has 0 saturated heterocycles. The summed E-state index contributed by atoms with van der Waals surface area (Å²) in [7, 11) is 0. The summed E-state index contributed by atoms with van der Waals surface area (Å²) in [6.45, 7) is 10.5. The first-order chi connectivity index (χ1) is 17.4. The topological polar surface area (TPSA) is 134 Å². The van der Waals surface area contributed by atoms with Crippen LogP contribution in [0.4, 0.5) is 4.79 Å². The second-order valence-corrected chi connectivity index (χ2v) is 9.78. The molecule has 1 aromatic carbocycles. The van der Waals surface area contributed by atoms with Crippen molar-refractivity contribution >= 4 is 23.9 Å². The molecule has 0 heterocycles. The van der Waals surface area contributed by atoms with E-state index in [1.165, 1.54) is 4.90 Å². The molecule has 37 heavy (non-hydrogen) atoms. The maximum atomic E-state index is 13.7. The van der Waals surface area contributed by atoms with E-state index in [0.29, 0.717) is 12.0 Å². The van der Waals surface area contributed by atoms with Crippen molar-refractivity contribution in [2.45, 2.75) is 84.9 Å². The molecule has 208 valence electrons. The Bertz CT molecular complexity index is 898. The number of hydrogen-bond acceptors (Lipinski definition) is 7. The van der Waals surface area contributed by atoms with Gasteiger partial charge in [0.25, 0.3) is 0 Å².